The second-order valence-corrected chi connectivity index (χ2v) is 10.3. The summed E-state index contributed by atoms with van der Waals surface area (Å²) in [7, 11) is 0. The number of aromatic nitrogens is 1. The van der Waals surface area contributed by atoms with Crippen molar-refractivity contribution in [3.63, 3.8) is 0 Å². The van der Waals surface area contributed by atoms with Gasteiger partial charge in [-0.2, -0.15) is 0 Å². The molecule has 1 aromatic heterocycles. The maximum atomic E-state index is 12.8. The van der Waals surface area contributed by atoms with Gasteiger partial charge in [-0.15, -0.1) is 11.3 Å². The number of para-hydroxylation sites is 2. The van der Waals surface area contributed by atoms with E-state index in [1.54, 1.807) is 23.5 Å². The number of carbonyl (C=O) groups is 2. The lowest BCUT2D eigenvalue weighted by Gasteiger charge is -2.33. The Labute approximate surface area is 204 Å². The number of piperazine rings is 1. The van der Waals surface area contributed by atoms with Crippen molar-refractivity contribution in [1.82, 2.24) is 20.1 Å². The Balaban J connectivity index is 1.11. The zero-order valence-corrected chi connectivity index (χ0v) is 20.2. The van der Waals surface area contributed by atoms with Gasteiger partial charge in [0, 0.05) is 32.2 Å². The van der Waals surface area contributed by atoms with E-state index in [9.17, 15) is 9.59 Å². The molecule has 34 heavy (non-hydrogen) atoms. The number of carbonyl (C=O) groups excluding carboxylic acids is 2. The number of nitrogens with one attached hydrogen (secondary N) is 2. The van der Waals surface area contributed by atoms with E-state index in [1.807, 2.05) is 18.2 Å². The second-order valence-electron chi connectivity index (χ2n) is 9.18. The maximum Gasteiger partial charge on any atom is 0.253 e. The first-order valence-corrected chi connectivity index (χ1v) is 12.9. The van der Waals surface area contributed by atoms with Gasteiger partial charge in [0.05, 0.1) is 34.6 Å². The highest BCUT2D eigenvalue weighted by atomic mass is 32.1. The predicted molar refractivity (Wildman–Crippen MR) is 136 cm³/mol. The van der Waals surface area contributed by atoms with Gasteiger partial charge in [-0.3, -0.25) is 19.4 Å². The van der Waals surface area contributed by atoms with Crippen molar-refractivity contribution in [2.75, 3.05) is 38.0 Å². The van der Waals surface area contributed by atoms with Crippen molar-refractivity contribution in [2.24, 2.45) is 0 Å². The van der Waals surface area contributed by atoms with E-state index in [1.165, 1.54) is 4.70 Å². The molecule has 5 rings (SSSR count). The van der Waals surface area contributed by atoms with Crippen LogP contribution in [-0.4, -0.2) is 65.4 Å². The lowest BCUT2D eigenvalue weighted by Crippen LogP contribution is -2.48. The Kier molecular flexibility index (Phi) is 7.18. The molecule has 8 heteroatoms. The largest absolute Gasteiger partial charge is 0.349 e. The number of rotatable bonds is 7. The molecule has 2 aliphatic rings. The topological polar surface area (TPSA) is 77.6 Å². The van der Waals surface area contributed by atoms with Crippen molar-refractivity contribution in [3.05, 3.63) is 59.1 Å². The van der Waals surface area contributed by atoms with Gasteiger partial charge in [-0.05, 0) is 37.1 Å². The lowest BCUT2D eigenvalue weighted by atomic mass is 10.1. The fourth-order valence-electron chi connectivity index (χ4n) is 4.80. The van der Waals surface area contributed by atoms with Crippen molar-refractivity contribution >= 4 is 39.1 Å². The number of anilines is 1. The van der Waals surface area contributed by atoms with E-state index >= 15 is 0 Å². The summed E-state index contributed by atoms with van der Waals surface area (Å²) in [6.45, 7) is 4.66. The van der Waals surface area contributed by atoms with Crippen LogP contribution >= 0.6 is 11.3 Å². The average Bonchev–Trinajstić information content (AvgIpc) is 3.50. The lowest BCUT2D eigenvalue weighted by molar-refractivity contribution is -0.117. The van der Waals surface area contributed by atoms with Gasteiger partial charge in [-0.1, -0.05) is 37.1 Å². The molecule has 0 spiro atoms. The Morgan fingerprint density at radius 3 is 2.44 bits per heavy atom. The fraction of sp³-hybridized carbons (Fsp3) is 0.423. The number of benzene rings is 2. The summed E-state index contributed by atoms with van der Waals surface area (Å²) in [6, 6.07) is 15.8. The highest BCUT2D eigenvalue weighted by molar-refractivity contribution is 7.18. The van der Waals surface area contributed by atoms with E-state index in [0.717, 1.165) is 68.9 Å². The Morgan fingerprint density at radius 2 is 1.65 bits per heavy atom. The molecule has 3 aromatic rings. The summed E-state index contributed by atoms with van der Waals surface area (Å²) < 4.78 is 1.23. The van der Waals surface area contributed by atoms with Crippen LogP contribution in [0.3, 0.4) is 0 Å². The van der Waals surface area contributed by atoms with Crippen LogP contribution in [0.2, 0.25) is 0 Å². The van der Waals surface area contributed by atoms with Crippen LogP contribution in [0.15, 0.2) is 48.5 Å². The molecule has 1 aliphatic carbocycles. The first-order chi connectivity index (χ1) is 16.6. The number of nitrogens with zero attached hydrogens (tertiary/aromatic N) is 3. The molecule has 2 N–H and O–H groups in total. The van der Waals surface area contributed by atoms with Gasteiger partial charge >= 0.3 is 0 Å². The summed E-state index contributed by atoms with van der Waals surface area (Å²) in [5.41, 5.74) is 2.18. The molecule has 0 radical (unpaired) electrons. The number of amides is 2. The zero-order valence-electron chi connectivity index (χ0n) is 19.3. The Bertz CT molecular complexity index is 1120. The number of hydrogen-bond acceptors (Lipinski definition) is 6. The first-order valence-electron chi connectivity index (χ1n) is 12.1. The van der Waals surface area contributed by atoms with Gasteiger partial charge in [0.1, 0.15) is 5.01 Å². The first kappa shape index (κ1) is 23.0. The zero-order chi connectivity index (χ0) is 23.3. The summed E-state index contributed by atoms with van der Waals surface area (Å²) in [5, 5.41) is 7.22. The highest BCUT2D eigenvalue weighted by Gasteiger charge is 2.22. The van der Waals surface area contributed by atoms with Gasteiger partial charge in [0.15, 0.2) is 0 Å². The molecule has 2 heterocycles. The van der Waals surface area contributed by atoms with Gasteiger partial charge in [0.25, 0.3) is 5.91 Å². The van der Waals surface area contributed by atoms with Crippen LogP contribution in [-0.2, 0) is 11.3 Å². The molecule has 0 unspecified atom stereocenters. The molecule has 1 saturated carbocycles. The molecule has 0 bridgehead atoms. The normalized spacial score (nSPS) is 17.8. The van der Waals surface area contributed by atoms with Gasteiger partial charge in [0.2, 0.25) is 5.91 Å². The summed E-state index contributed by atoms with van der Waals surface area (Å²) >= 11 is 1.75. The van der Waals surface area contributed by atoms with Crippen molar-refractivity contribution in [1.29, 1.82) is 0 Å². The van der Waals surface area contributed by atoms with Crippen molar-refractivity contribution in [2.45, 2.75) is 38.3 Å². The molecule has 2 aromatic carbocycles. The minimum Gasteiger partial charge on any atom is -0.349 e. The molecule has 2 amide bonds. The SMILES string of the molecule is O=C(CN1CCN(Cc2nc3ccccc3s2)CC1)Nc1ccccc1C(=O)NC1CCCC1. The maximum absolute atomic E-state index is 12.8. The summed E-state index contributed by atoms with van der Waals surface area (Å²) in [5.74, 6) is -0.188. The summed E-state index contributed by atoms with van der Waals surface area (Å²) in [4.78, 5) is 34.8. The Morgan fingerprint density at radius 1 is 0.941 bits per heavy atom. The van der Waals surface area contributed by atoms with Gasteiger partial charge < -0.3 is 10.6 Å². The minimum absolute atomic E-state index is 0.0826. The van der Waals surface area contributed by atoms with Crippen LogP contribution in [0.25, 0.3) is 10.2 Å². The standard InChI is InChI=1S/C26H31N5O2S/c32-24(28-21-10-4-3-9-20(21)26(33)27-19-7-1-2-8-19)17-30-13-15-31(16-14-30)18-25-29-22-11-5-6-12-23(22)34-25/h3-6,9-12,19H,1-2,7-8,13-18H2,(H,27,33)(H,28,32). The van der Waals surface area contributed by atoms with E-state index in [-0.39, 0.29) is 17.9 Å². The van der Waals surface area contributed by atoms with Crippen LogP contribution in [0.1, 0.15) is 41.0 Å². The molecule has 178 valence electrons. The Hall–Kier alpha value is -2.81. The average molecular weight is 478 g/mol. The van der Waals surface area contributed by atoms with Crippen molar-refractivity contribution in [3.8, 4) is 0 Å². The monoisotopic (exact) mass is 477 g/mol. The minimum atomic E-state index is -0.105. The molecule has 0 atom stereocenters. The summed E-state index contributed by atoms with van der Waals surface area (Å²) in [6.07, 6.45) is 4.39. The third-order valence-electron chi connectivity index (χ3n) is 6.67. The third-order valence-corrected chi connectivity index (χ3v) is 7.69. The quantitative estimate of drug-likeness (QED) is 0.542. The second kappa shape index (κ2) is 10.6. The predicted octanol–water partition coefficient (Wildman–Crippen LogP) is 3.73. The third kappa shape index (κ3) is 5.63. The molecule has 1 saturated heterocycles. The fourth-order valence-corrected chi connectivity index (χ4v) is 5.81. The molecule has 2 fully saturated rings. The highest BCUT2D eigenvalue weighted by Crippen LogP contribution is 2.23. The molecule has 1 aliphatic heterocycles. The molecule has 7 nitrogen and oxygen atoms in total. The van der Waals surface area contributed by atoms with E-state index < -0.39 is 0 Å². The van der Waals surface area contributed by atoms with Crippen LogP contribution < -0.4 is 10.6 Å². The van der Waals surface area contributed by atoms with Crippen LogP contribution in [0.5, 0.6) is 0 Å². The van der Waals surface area contributed by atoms with Gasteiger partial charge in [-0.25, -0.2) is 4.98 Å². The van der Waals surface area contributed by atoms with Crippen LogP contribution in [0.4, 0.5) is 5.69 Å². The number of thiazole rings is 1. The number of hydrogen-bond donors (Lipinski definition) is 2. The van der Waals surface area contributed by atoms with Crippen LogP contribution in [0, 0.1) is 0 Å². The molecular formula is C26H31N5O2S. The molecular weight excluding hydrogens is 446 g/mol. The van der Waals surface area contributed by atoms with Crippen molar-refractivity contribution < 1.29 is 9.59 Å². The smallest absolute Gasteiger partial charge is 0.253 e. The number of fused-ring (bicyclic) bond motifs is 1. The van der Waals surface area contributed by atoms with E-state index in [4.69, 9.17) is 4.98 Å². The van der Waals surface area contributed by atoms with E-state index in [2.05, 4.69) is 38.6 Å². The van der Waals surface area contributed by atoms with E-state index in [0.29, 0.717) is 17.8 Å².